The molecule has 1 atom stereocenters. The van der Waals surface area contributed by atoms with Crippen LogP contribution in [0.25, 0.3) is 0 Å². The summed E-state index contributed by atoms with van der Waals surface area (Å²) in [6.45, 7) is 5.63. The summed E-state index contributed by atoms with van der Waals surface area (Å²) in [5.74, 6) is 1.62. The highest BCUT2D eigenvalue weighted by molar-refractivity contribution is 9.10. The molecule has 128 valence electrons. The second kappa shape index (κ2) is 8.44. The van der Waals surface area contributed by atoms with Crippen molar-refractivity contribution in [1.82, 2.24) is 15.3 Å². The first-order valence-corrected chi connectivity index (χ1v) is 8.63. The normalized spacial score (nSPS) is 15.9. The molecule has 0 aromatic carbocycles. The van der Waals surface area contributed by atoms with Crippen molar-refractivity contribution in [3.8, 4) is 0 Å². The molecule has 2 heterocycles. The Balaban J connectivity index is 2.05. The number of amides is 1. The molecule has 1 amide bonds. The molecular formula is C15H24BrN5O2. The van der Waals surface area contributed by atoms with Gasteiger partial charge in [0.2, 0.25) is 11.9 Å². The molecular weight excluding hydrogens is 362 g/mol. The van der Waals surface area contributed by atoms with Crippen molar-refractivity contribution in [2.45, 2.75) is 38.8 Å². The number of carbonyl (C=O) groups excluding carboxylic acids is 1. The average Bonchev–Trinajstić information content (AvgIpc) is 2.48. The maximum absolute atomic E-state index is 12.0. The summed E-state index contributed by atoms with van der Waals surface area (Å²) in [6.07, 6.45) is 3.36. The zero-order valence-corrected chi connectivity index (χ0v) is 15.3. The van der Waals surface area contributed by atoms with E-state index in [1.807, 2.05) is 0 Å². The van der Waals surface area contributed by atoms with Crippen LogP contribution in [0, 0.1) is 5.92 Å². The molecule has 2 rings (SSSR count). The minimum absolute atomic E-state index is 0.0564. The number of likely N-dealkylation sites (N-methyl/N-ethyl adjacent to an activating group) is 1. The molecule has 1 aliphatic rings. The largest absolute Gasteiger partial charge is 0.377 e. The van der Waals surface area contributed by atoms with Crippen LogP contribution in [0.15, 0.2) is 10.7 Å². The zero-order chi connectivity index (χ0) is 16.8. The van der Waals surface area contributed by atoms with E-state index in [1.165, 1.54) is 0 Å². The van der Waals surface area contributed by atoms with E-state index in [1.54, 1.807) is 13.2 Å². The van der Waals surface area contributed by atoms with E-state index in [0.29, 0.717) is 30.9 Å². The van der Waals surface area contributed by atoms with E-state index in [4.69, 9.17) is 4.74 Å². The quantitative estimate of drug-likeness (QED) is 0.634. The lowest BCUT2D eigenvalue weighted by Gasteiger charge is -2.27. The number of ether oxygens (including phenoxy) is 1. The van der Waals surface area contributed by atoms with Crippen LogP contribution in [0.5, 0.6) is 0 Å². The van der Waals surface area contributed by atoms with Gasteiger partial charge in [0.05, 0.1) is 23.7 Å². The number of nitrogens with zero attached hydrogens (tertiary/aromatic N) is 2. The lowest BCUT2D eigenvalue weighted by Crippen LogP contribution is -2.41. The van der Waals surface area contributed by atoms with E-state index >= 15 is 0 Å². The van der Waals surface area contributed by atoms with Gasteiger partial charge in [0.25, 0.3) is 0 Å². The minimum atomic E-state index is -0.344. The summed E-state index contributed by atoms with van der Waals surface area (Å²) >= 11 is 3.44. The Labute approximate surface area is 145 Å². The van der Waals surface area contributed by atoms with Crippen molar-refractivity contribution < 1.29 is 9.53 Å². The van der Waals surface area contributed by atoms with Crippen molar-refractivity contribution in [2.24, 2.45) is 5.92 Å². The van der Waals surface area contributed by atoms with Crippen LogP contribution in [0.2, 0.25) is 0 Å². The van der Waals surface area contributed by atoms with Crippen LogP contribution in [-0.2, 0) is 9.53 Å². The zero-order valence-electron chi connectivity index (χ0n) is 13.7. The van der Waals surface area contributed by atoms with Gasteiger partial charge in [-0.05, 0) is 34.7 Å². The molecule has 0 radical (unpaired) electrons. The van der Waals surface area contributed by atoms with Gasteiger partial charge in [-0.3, -0.25) is 4.79 Å². The van der Waals surface area contributed by atoms with Gasteiger partial charge in [0.15, 0.2) is 0 Å². The maximum atomic E-state index is 12.0. The highest BCUT2D eigenvalue weighted by Crippen LogP contribution is 2.23. The Morgan fingerprint density at radius 2 is 2.17 bits per heavy atom. The topological polar surface area (TPSA) is 88.2 Å². The summed E-state index contributed by atoms with van der Waals surface area (Å²) in [5, 5.41) is 9.11. The fourth-order valence-electron chi connectivity index (χ4n) is 2.15. The Morgan fingerprint density at radius 1 is 1.43 bits per heavy atom. The second-order valence-corrected chi connectivity index (χ2v) is 6.91. The summed E-state index contributed by atoms with van der Waals surface area (Å²) < 4.78 is 5.94. The summed E-state index contributed by atoms with van der Waals surface area (Å²) in [4.78, 5) is 20.8. The Morgan fingerprint density at radius 3 is 2.74 bits per heavy atom. The number of aromatic nitrogens is 2. The van der Waals surface area contributed by atoms with E-state index in [-0.39, 0.29) is 18.0 Å². The smallest absolute Gasteiger partial charge is 0.242 e. The van der Waals surface area contributed by atoms with Gasteiger partial charge in [-0.1, -0.05) is 13.8 Å². The molecule has 1 aromatic rings. The van der Waals surface area contributed by atoms with Crippen LogP contribution in [-0.4, -0.2) is 48.2 Å². The van der Waals surface area contributed by atoms with E-state index < -0.39 is 0 Å². The molecule has 8 heteroatoms. The third-order valence-electron chi connectivity index (χ3n) is 3.62. The molecule has 0 unspecified atom stereocenters. The number of hydrogen-bond acceptors (Lipinski definition) is 6. The fourth-order valence-corrected chi connectivity index (χ4v) is 2.45. The number of carbonyl (C=O) groups is 1. The standard InChI is InChI=1S/C15H24BrN5O2/c1-9(2)4-5-12(14(22)17-3)20-15-18-6-11(16)13(21-15)19-10-7-23-8-10/h6,9-10,12H,4-5,7-8H2,1-3H3,(H,17,22)(H2,18,19,20,21)/t12-/m0/s1. The molecule has 1 aromatic heterocycles. The number of hydrogen-bond donors (Lipinski definition) is 3. The molecule has 1 saturated heterocycles. The van der Waals surface area contributed by atoms with Crippen LogP contribution >= 0.6 is 15.9 Å². The summed E-state index contributed by atoms with van der Waals surface area (Å²) in [5.41, 5.74) is 0. The van der Waals surface area contributed by atoms with Crippen molar-refractivity contribution in [3.05, 3.63) is 10.7 Å². The Kier molecular flexibility index (Phi) is 6.59. The summed E-state index contributed by atoms with van der Waals surface area (Å²) in [7, 11) is 1.64. The van der Waals surface area contributed by atoms with Crippen molar-refractivity contribution >= 4 is 33.6 Å². The first kappa shape index (κ1) is 17.9. The fraction of sp³-hybridized carbons (Fsp3) is 0.667. The summed E-state index contributed by atoms with van der Waals surface area (Å²) in [6, 6.07) is -0.0758. The molecule has 0 saturated carbocycles. The Hall–Kier alpha value is -1.41. The van der Waals surface area contributed by atoms with Gasteiger partial charge in [-0.2, -0.15) is 4.98 Å². The van der Waals surface area contributed by atoms with Crippen molar-refractivity contribution in [3.63, 3.8) is 0 Å². The van der Waals surface area contributed by atoms with Crippen LogP contribution in [0.4, 0.5) is 11.8 Å². The third-order valence-corrected chi connectivity index (χ3v) is 4.20. The van der Waals surface area contributed by atoms with Gasteiger partial charge in [0.1, 0.15) is 11.9 Å². The number of halogens is 1. The first-order chi connectivity index (χ1) is 11.0. The molecule has 7 nitrogen and oxygen atoms in total. The van der Waals surface area contributed by atoms with Crippen LogP contribution in [0.1, 0.15) is 26.7 Å². The number of rotatable bonds is 8. The average molecular weight is 386 g/mol. The van der Waals surface area contributed by atoms with E-state index in [0.717, 1.165) is 17.3 Å². The van der Waals surface area contributed by atoms with Gasteiger partial charge in [0, 0.05) is 13.2 Å². The second-order valence-electron chi connectivity index (χ2n) is 6.05. The van der Waals surface area contributed by atoms with Gasteiger partial charge in [-0.25, -0.2) is 4.98 Å². The molecule has 1 fully saturated rings. The van der Waals surface area contributed by atoms with Crippen LogP contribution < -0.4 is 16.0 Å². The predicted octanol–water partition coefficient (Wildman–Crippen LogP) is 2.01. The number of anilines is 2. The molecule has 3 N–H and O–H groups in total. The van der Waals surface area contributed by atoms with E-state index in [2.05, 4.69) is 55.7 Å². The van der Waals surface area contributed by atoms with Crippen molar-refractivity contribution in [2.75, 3.05) is 30.9 Å². The lowest BCUT2D eigenvalue weighted by atomic mass is 10.0. The molecule has 0 bridgehead atoms. The molecule has 1 aliphatic heterocycles. The third kappa shape index (κ3) is 5.31. The SMILES string of the molecule is CNC(=O)[C@H](CCC(C)C)Nc1ncc(Br)c(NC2COC2)n1. The van der Waals surface area contributed by atoms with Crippen LogP contribution in [0.3, 0.4) is 0 Å². The minimum Gasteiger partial charge on any atom is -0.377 e. The van der Waals surface area contributed by atoms with Gasteiger partial charge in [-0.15, -0.1) is 0 Å². The lowest BCUT2D eigenvalue weighted by molar-refractivity contribution is -0.121. The maximum Gasteiger partial charge on any atom is 0.242 e. The highest BCUT2D eigenvalue weighted by Gasteiger charge is 2.22. The van der Waals surface area contributed by atoms with Gasteiger partial charge < -0.3 is 20.7 Å². The number of nitrogens with one attached hydrogen (secondary N) is 3. The molecule has 0 aliphatic carbocycles. The Bertz CT molecular complexity index is 537. The highest BCUT2D eigenvalue weighted by atomic mass is 79.9. The molecule has 0 spiro atoms. The van der Waals surface area contributed by atoms with E-state index in [9.17, 15) is 4.79 Å². The predicted molar refractivity (Wildman–Crippen MR) is 93.5 cm³/mol. The van der Waals surface area contributed by atoms with Gasteiger partial charge >= 0.3 is 0 Å². The van der Waals surface area contributed by atoms with Crippen molar-refractivity contribution in [1.29, 1.82) is 0 Å². The molecule has 23 heavy (non-hydrogen) atoms. The first-order valence-electron chi connectivity index (χ1n) is 7.84. The monoisotopic (exact) mass is 385 g/mol.